The van der Waals surface area contributed by atoms with Crippen LogP contribution in [0.2, 0.25) is 0 Å². The van der Waals surface area contributed by atoms with Gasteiger partial charge in [-0.05, 0) is 52.5 Å². The molecule has 2 aromatic carbocycles. The Morgan fingerprint density at radius 1 is 1.09 bits per heavy atom. The fourth-order valence-corrected chi connectivity index (χ4v) is 5.17. The van der Waals surface area contributed by atoms with Crippen LogP contribution in [0.5, 0.6) is 11.5 Å². The molecular weight excluding hydrogens is 468 g/mol. The third kappa shape index (κ3) is 4.66. The van der Waals surface area contributed by atoms with Gasteiger partial charge in [0.1, 0.15) is 11.7 Å². The SMILES string of the molecule is COc1cc(/C=C2\C(=N)N3N=C(Cc4cccs4)SC3=NC2=O)ccc1OCc1ccccc1. The largest absolute Gasteiger partial charge is 0.493 e. The zero-order chi connectivity index (χ0) is 23.5. The van der Waals surface area contributed by atoms with Gasteiger partial charge in [-0.2, -0.15) is 15.1 Å². The standard InChI is InChI=1S/C25H20N4O3S2/c1-31-21-13-17(9-10-20(21)32-15-16-6-3-2-4-7-16)12-19-23(26)29-25(27-24(19)30)34-22(28-29)14-18-8-5-11-33-18/h2-13,26H,14-15H2,1H3/b19-12+,26-23?. The van der Waals surface area contributed by atoms with Gasteiger partial charge >= 0.3 is 0 Å². The molecule has 9 heteroatoms. The van der Waals surface area contributed by atoms with Gasteiger partial charge in [-0.1, -0.05) is 42.5 Å². The average molecular weight is 489 g/mol. The molecule has 3 heterocycles. The van der Waals surface area contributed by atoms with Crippen molar-refractivity contribution in [3.8, 4) is 11.5 Å². The molecule has 2 aliphatic rings. The molecule has 1 amide bonds. The highest BCUT2D eigenvalue weighted by molar-refractivity contribution is 8.27. The number of hydrazone groups is 1. The molecule has 5 rings (SSSR count). The highest BCUT2D eigenvalue weighted by Gasteiger charge is 2.35. The molecule has 0 unspecified atom stereocenters. The second-order valence-corrected chi connectivity index (χ2v) is 9.53. The maximum Gasteiger partial charge on any atom is 0.283 e. The van der Waals surface area contributed by atoms with Crippen LogP contribution in [0.1, 0.15) is 16.0 Å². The van der Waals surface area contributed by atoms with E-state index in [2.05, 4.69) is 10.1 Å². The number of hydrogen-bond acceptors (Lipinski definition) is 7. The van der Waals surface area contributed by atoms with Gasteiger partial charge in [0.2, 0.25) is 5.17 Å². The van der Waals surface area contributed by atoms with E-state index in [0.717, 1.165) is 10.6 Å². The Hall–Kier alpha value is -3.69. The van der Waals surface area contributed by atoms with Crippen molar-refractivity contribution in [1.29, 1.82) is 5.41 Å². The molecular formula is C25H20N4O3S2. The third-order valence-electron chi connectivity index (χ3n) is 5.14. The van der Waals surface area contributed by atoms with Crippen LogP contribution >= 0.6 is 23.1 Å². The van der Waals surface area contributed by atoms with Gasteiger partial charge in [0.15, 0.2) is 17.3 Å². The van der Waals surface area contributed by atoms with Crippen LogP contribution in [0.3, 0.4) is 0 Å². The van der Waals surface area contributed by atoms with E-state index < -0.39 is 5.91 Å². The molecule has 1 aromatic heterocycles. The second-order valence-electron chi connectivity index (χ2n) is 7.45. The summed E-state index contributed by atoms with van der Waals surface area (Å²) in [6.07, 6.45) is 2.28. The van der Waals surface area contributed by atoms with Crippen LogP contribution in [0.25, 0.3) is 6.08 Å². The van der Waals surface area contributed by atoms with Gasteiger partial charge in [0, 0.05) is 11.3 Å². The van der Waals surface area contributed by atoms with E-state index in [0.29, 0.717) is 35.3 Å². The minimum Gasteiger partial charge on any atom is -0.493 e. The predicted molar refractivity (Wildman–Crippen MR) is 137 cm³/mol. The minimum atomic E-state index is -0.459. The van der Waals surface area contributed by atoms with Crippen molar-refractivity contribution in [3.63, 3.8) is 0 Å². The smallest absolute Gasteiger partial charge is 0.283 e. The molecule has 0 radical (unpaired) electrons. The molecule has 3 aromatic rings. The molecule has 0 aliphatic carbocycles. The molecule has 0 atom stereocenters. The Kier molecular flexibility index (Phi) is 6.29. The van der Waals surface area contributed by atoms with Gasteiger partial charge in [-0.25, -0.2) is 0 Å². The molecule has 1 N–H and O–H groups in total. The fraction of sp³-hybridized carbons (Fsp3) is 0.120. The maximum absolute atomic E-state index is 12.7. The average Bonchev–Trinajstić information content (AvgIpc) is 3.51. The maximum atomic E-state index is 12.7. The van der Waals surface area contributed by atoms with Crippen LogP contribution in [0.4, 0.5) is 0 Å². The monoisotopic (exact) mass is 488 g/mol. The second kappa shape index (κ2) is 9.66. The number of methoxy groups -OCH3 is 1. The number of thioether (sulfide) groups is 1. The number of thiophene rings is 1. The summed E-state index contributed by atoms with van der Waals surface area (Å²) in [6.45, 7) is 0.413. The molecule has 170 valence electrons. The first-order valence-electron chi connectivity index (χ1n) is 10.5. The van der Waals surface area contributed by atoms with Crippen LogP contribution in [-0.2, 0) is 17.8 Å². The van der Waals surface area contributed by atoms with E-state index in [1.54, 1.807) is 36.7 Å². The molecule has 0 saturated carbocycles. The number of nitrogens with one attached hydrogen (secondary N) is 1. The lowest BCUT2D eigenvalue weighted by atomic mass is 10.1. The zero-order valence-corrected chi connectivity index (χ0v) is 19.9. The van der Waals surface area contributed by atoms with Gasteiger partial charge in [-0.15, -0.1) is 11.3 Å². The number of amides is 1. The Morgan fingerprint density at radius 2 is 1.94 bits per heavy atom. The molecule has 34 heavy (non-hydrogen) atoms. The number of ether oxygens (including phenoxy) is 2. The van der Waals surface area contributed by atoms with E-state index in [1.807, 2.05) is 53.9 Å². The lowest BCUT2D eigenvalue weighted by molar-refractivity contribution is -0.114. The summed E-state index contributed by atoms with van der Waals surface area (Å²) < 4.78 is 11.4. The highest BCUT2D eigenvalue weighted by atomic mass is 32.2. The predicted octanol–water partition coefficient (Wildman–Crippen LogP) is 5.20. The van der Waals surface area contributed by atoms with E-state index >= 15 is 0 Å². The number of benzene rings is 2. The molecule has 0 fully saturated rings. The number of carbonyl (C=O) groups excluding carboxylic acids is 1. The van der Waals surface area contributed by atoms with Crippen molar-refractivity contribution in [1.82, 2.24) is 5.01 Å². The lowest BCUT2D eigenvalue weighted by Gasteiger charge is -2.20. The van der Waals surface area contributed by atoms with Crippen molar-refractivity contribution >= 4 is 51.1 Å². The van der Waals surface area contributed by atoms with Crippen LogP contribution < -0.4 is 9.47 Å². The number of rotatable bonds is 7. The summed E-state index contributed by atoms with van der Waals surface area (Å²) in [5, 5.41) is 17.8. The fourth-order valence-electron chi connectivity index (χ4n) is 3.46. The lowest BCUT2D eigenvalue weighted by Crippen LogP contribution is -2.35. The molecule has 0 bridgehead atoms. The topological polar surface area (TPSA) is 87.3 Å². The van der Waals surface area contributed by atoms with Gasteiger partial charge in [0.05, 0.1) is 12.7 Å². The zero-order valence-electron chi connectivity index (χ0n) is 18.2. The molecule has 2 aliphatic heterocycles. The number of nitrogens with zero attached hydrogens (tertiary/aromatic N) is 3. The summed E-state index contributed by atoms with van der Waals surface area (Å²) in [7, 11) is 1.57. The summed E-state index contributed by atoms with van der Waals surface area (Å²) in [6, 6.07) is 19.3. The van der Waals surface area contributed by atoms with Gasteiger partial charge in [-0.3, -0.25) is 10.2 Å². The first-order valence-corrected chi connectivity index (χ1v) is 12.2. The third-order valence-corrected chi connectivity index (χ3v) is 6.92. The quantitative estimate of drug-likeness (QED) is 0.462. The van der Waals surface area contributed by atoms with E-state index in [1.165, 1.54) is 21.6 Å². The number of hydrogen-bond donors (Lipinski definition) is 1. The number of carbonyl (C=O) groups is 1. The first kappa shape index (κ1) is 22.1. The Balaban J connectivity index is 1.35. The molecule has 7 nitrogen and oxygen atoms in total. The number of amidine groups is 2. The summed E-state index contributed by atoms with van der Waals surface area (Å²) in [5.74, 6) is 0.682. The molecule has 0 spiro atoms. The molecule has 0 saturated heterocycles. The van der Waals surface area contributed by atoms with Crippen molar-refractivity contribution in [3.05, 3.63) is 87.6 Å². The normalized spacial score (nSPS) is 16.4. The Labute approximate surface area is 204 Å². The van der Waals surface area contributed by atoms with E-state index in [9.17, 15) is 4.79 Å². The van der Waals surface area contributed by atoms with E-state index in [-0.39, 0.29) is 11.4 Å². The van der Waals surface area contributed by atoms with Crippen LogP contribution in [0.15, 0.2) is 81.7 Å². The summed E-state index contributed by atoms with van der Waals surface area (Å²) >= 11 is 2.97. The van der Waals surface area contributed by atoms with Gasteiger partial charge < -0.3 is 9.47 Å². The van der Waals surface area contributed by atoms with E-state index in [4.69, 9.17) is 14.9 Å². The van der Waals surface area contributed by atoms with Crippen molar-refractivity contribution in [2.24, 2.45) is 10.1 Å². The first-order chi connectivity index (χ1) is 16.6. The Morgan fingerprint density at radius 3 is 2.71 bits per heavy atom. The number of aliphatic imine (C=N–C) groups is 1. The van der Waals surface area contributed by atoms with Gasteiger partial charge in [0.25, 0.3) is 5.91 Å². The Bertz CT molecular complexity index is 1330. The highest BCUT2D eigenvalue weighted by Crippen LogP contribution is 2.32. The summed E-state index contributed by atoms with van der Waals surface area (Å²) in [5.41, 5.74) is 1.92. The van der Waals surface area contributed by atoms with Crippen molar-refractivity contribution in [2.75, 3.05) is 7.11 Å². The summed E-state index contributed by atoms with van der Waals surface area (Å²) in [4.78, 5) is 18.0. The minimum absolute atomic E-state index is 0.00653. The van der Waals surface area contributed by atoms with Crippen molar-refractivity contribution < 1.29 is 14.3 Å². The van der Waals surface area contributed by atoms with Crippen molar-refractivity contribution in [2.45, 2.75) is 13.0 Å². The van der Waals surface area contributed by atoms with Crippen LogP contribution in [-0.4, -0.2) is 34.1 Å². The number of fused-ring (bicyclic) bond motifs is 1. The van der Waals surface area contributed by atoms with Crippen LogP contribution in [0, 0.1) is 5.41 Å².